The molecule has 18 heavy (non-hydrogen) atoms. The van der Waals surface area contributed by atoms with Crippen molar-refractivity contribution in [1.29, 1.82) is 0 Å². The smallest absolute Gasteiger partial charge is 1.00 e. The van der Waals surface area contributed by atoms with Crippen LogP contribution in [0.15, 0.2) is 18.2 Å². The maximum atomic E-state index is 3.55. The van der Waals surface area contributed by atoms with E-state index in [0.29, 0.717) is 5.92 Å². The van der Waals surface area contributed by atoms with Gasteiger partial charge in [0.05, 0.1) is 0 Å². The molecule has 0 N–H and O–H groups in total. The predicted octanol–water partition coefficient (Wildman–Crippen LogP) is 0.219. The van der Waals surface area contributed by atoms with Gasteiger partial charge in [-0.1, -0.05) is 20.3 Å². The van der Waals surface area contributed by atoms with Crippen LogP contribution < -0.4 is 17.0 Å². The summed E-state index contributed by atoms with van der Waals surface area (Å²) in [6, 6.07) is 10.1. The summed E-state index contributed by atoms with van der Waals surface area (Å²) in [6.07, 6.45) is 4.14. The third kappa shape index (κ3) is 5.60. The fourth-order valence-corrected chi connectivity index (χ4v) is 2.32. The van der Waals surface area contributed by atoms with Gasteiger partial charge in [-0.2, -0.15) is 29.8 Å². The molecule has 0 unspecified atom stereocenters. The first kappa shape index (κ1) is 18.4. The van der Waals surface area contributed by atoms with Gasteiger partial charge in [0.25, 0.3) is 0 Å². The molecule has 1 aliphatic heterocycles. The molecule has 0 atom stereocenters. The molecular weight excluding hydrogens is 298 g/mol. The van der Waals surface area contributed by atoms with Crippen molar-refractivity contribution in [3.63, 3.8) is 0 Å². The quantitative estimate of drug-likeness (QED) is 0.569. The zero-order chi connectivity index (χ0) is 11.4. The molecule has 0 radical (unpaired) electrons. The van der Waals surface area contributed by atoms with Crippen LogP contribution in [-0.4, -0.2) is 41.0 Å². The second-order valence-electron chi connectivity index (χ2n) is 5.12. The van der Waals surface area contributed by atoms with Crippen LogP contribution in [0.4, 0.5) is 0 Å². The van der Waals surface area contributed by atoms with Crippen LogP contribution in [0.1, 0.15) is 50.2 Å². The second-order valence-corrected chi connectivity index (χ2v) is 5.12. The number of hydrogen-bond donors (Lipinski definition) is 0. The summed E-state index contributed by atoms with van der Waals surface area (Å²) >= 11 is 0. The van der Waals surface area contributed by atoms with Crippen molar-refractivity contribution in [3.05, 3.63) is 35.4 Å². The molecular formula is C15H22BrMgN. The number of hydrogen-bond acceptors (Lipinski definition) is 1. The maximum absolute atomic E-state index is 3.55. The van der Waals surface area contributed by atoms with Gasteiger partial charge in [0.1, 0.15) is 0 Å². The Bertz CT molecular complexity index is 335. The number of benzene rings is 1. The minimum atomic E-state index is 0. The van der Waals surface area contributed by atoms with E-state index < -0.39 is 0 Å². The van der Waals surface area contributed by atoms with Gasteiger partial charge in [-0.25, -0.2) is 0 Å². The summed E-state index contributed by atoms with van der Waals surface area (Å²) < 4.78 is 0. The molecule has 1 aromatic carbocycles. The van der Waals surface area contributed by atoms with Gasteiger partial charge in [-0.3, -0.25) is 0 Å². The van der Waals surface area contributed by atoms with Crippen LogP contribution in [0.25, 0.3) is 0 Å². The molecule has 0 saturated carbocycles. The van der Waals surface area contributed by atoms with Gasteiger partial charge in [-0.15, -0.1) is 5.56 Å². The molecule has 3 heteroatoms. The van der Waals surface area contributed by atoms with Crippen LogP contribution >= 0.6 is 0 Å². The van der Waals surface area contributed by atoms with E-state index in [2.05, 4.69) is 43.0 Å². The van der Waals surface area contributed by atoms with Crippen LogP contribution in [-0.2, 0) is 6.54 Å². The summed E-state index contributed by atoms with van der Waals surface area (Å²) in [5.74, 6) is 0.585. The van der Waals surface area contributed by atoms with Crippen LogP contribution in [0, 0.1) is 6.07 Å². The number of rotatable bonds is 3. The van der Waals surface area contributed by atoms with E-state index in [1.165, 1.54) is 43.5 Å². The Balaban J connectivity index is 0.00000144. The first-order valence-corrected chi connectivity index (χ1v) is 6.49. The average molecular weight is 321 g/mol. The molecule has 0 bridgehead atoms. The molecule has 96 valence electrons. The van der Waals surface area contributed by atoms with Gasteiger partial charge in [-0.05, 0) is 31.8 Å². The monoisotopic (exact) mass is 319 g/mol. The SMILES string of the molecule is CC(C)c1[c-]c(CN2CCCCC2)ccc1.[Br-].[Mg+2]. The van der Waals surface area contributed by atoms with Gasteiger partial charge in [0.15, 0.2) is 0 Å². The fourth-order valence-electron chi connectivity index (χ4n) is 2.32. The first-order chi connectivity index (χ1) is 7.75. The number of piperidine rings is 1. The molecule has 0 spiro atoms. The van der Waals surface area contributed by atoms with Crippen LogP contribution in [0.3, 0.4) is 0 Å². The molecule has 0 aliphatic carbocycles. The van der Waals surface area contributed by atoms with Crippen molar-refractivity contribution >= 4 is 23.1 Å². The second kappa shape index (κ2) is 9.35. The van der Waals surface area contributed by atoms with Crippen molar-refractivity contribution in [3.8, 4) is 0 Å². The van der Waals surface area contributed by atoms with Crippen LogP contribution in [0.2, 0.25) is 0 Å². The predicted molar refractivity (Wildman–Crippen MR) is 74.2 cm³/mol. The zero-order valence-electron chi connectivity index (χ0n) is 11.6. The van der Waals surface area contributed by atoms with E-state index in [0.717, 1.165) is 6.54 Å². The van der Waals surface area contributed by atoms with E-state index in [9.17, 15) is 0 Å². The number of likely N-dealkylation sites (tertiary alicyclic amines) is 1. The van der Waals surface area contributed by atoms with E-state index in [1.807, 2.05) is 0 Å². The van der Waals surface area contributed by atoms with Gasteiger partial charge >= 0.3 is 23.1 Å². The van der Waals surface area contributed by atoms with E-state index in [-0.39, 0.29) is 40.0 Å². The molecule has 1 nitrogen and oxygen atoms in total. The van der Waals surface area contributed by atoms with Crippen molar-refractivity contribution < 1.29 is 17.0 Å². The van der Waals surface area contributed by atoms with Crippen LogP contribution in [0.5, 0.6) is 0 Å². The minimum absolute atomic E-state index is 0. The Morgan fingerprint density at radius 3 is 2.44 bits per heavy atom. The summed E-state index contributed by atoms with van der Waals surface area (Å²) in [4.78, 5) is 2.56. The summed E-state index contributed by atoms with van der Waals surface area (Å²) in [7, 11) is 0. The van der Waals surface area contributed by atoms with Crippen molar-refractivity contribution in [2.75, 3.05) is 13.1 Å². The Morgan fingerprint density at radius 1 is 1.17 bits per heavy atom. The van der Waals surface area contributed by atoms with Crippen molar-refractivity contribution in [2.24, 2.45) is 0 Å². The first-order valence-electron chi connectivity index (χ1n) is 6.49. The topological polar surface area (TPSA) is 3.24 Å². The Kier molecular flexibility index (Phi) is 9.57. The summed E-state index contributed by atoms with van der Waals surface area (Å²) in [5.41, 5.74) is 2.70. The van der Waals surface area contributed by atoms with Gasteiger partial charge in [0, 0.05) is 6.54 Å². The standard InChI is InChI=1S/C15H22N.BrH.Mg/c1-13(2)15-8-6-7-14(11-15)12-16-9-4-3-5-10-16;;/h6-8,13H,3-5,9-10,12H2,1-2H3;1H;/q-1;;+2/p-1. The van der Waals surface area contributed by atoms with Crippen molar-refractivity contribution in [1.82, 2.24) is 4.90 Å². The number of nitrogens with zero attached hydrogens (tertiary/aromatic N) is 1. The summed E-state index contributed by atoms with van der Waals surface area (Å²) in [6.45, 7) is 8.08. The van der Waals surface area contributed by atoms with E-state index >= 15 is 0 Å². The molecule has 1 saturated heterocycles. The molecule has 1 heterocycles. The average Bonchev–Trinajstić information content (AvgIpc) is 2.30. The van der Waals surface area contributed by atoms with Crippen molar-refractivity contribution in [2.45, 2.75) is 45.6 Å². The largest absolute Gasteiger partial charge is 2.00 e. The molecule has 0 aromatic heterocycles. The molecule has 1 aromatic rings. The van der Waals surface area contributed by atoms with Gasteiger partial charge < -0.3 is 21.9 Å². The number of halogens is 1. The normalized spacial score (nSPS) is 15.9. The zero-order valence-corrected chi connectivity index (χ0v) is 14.6. The fraction of sp³-hybridized carbons (Fsp3) is 0.600. The Hall–Kier alpha value is 0.426. The Labute approximate surface area is 138 Å². The third-order valence-corrected chi connectivity index (χ3v) is 3.34. The minimum Gasteiger partial charge on any atom is -1.00 e. The molecule has 0 amide bonds. The molecule has 2 rings (SSSR count). The Morgan fingerprint density at radius 2 is 1.83 bits per heavy atom. The maximum Gasteiger partial charge on any atom is 2.00 e. The summed E-state index contributed by atoms with van der Waals surface area (Å²) in [5, 5.41) is 0. The van der Waals surface area contributed by atoms with E-state index in [1.54, 1.807) is 0 Å². The van der Waals surface area contributed by atoms with Gasteiger partial charge in [0.2, 0.25) is 0 Å². The molecule has 1 fully saturated rings. The third-order valence-electron chi connectivity index (χ3n) is 3.34. The van der Waals surface area contributed by atoms with E-state index in [4.69, 9.17) is 0 Å². The molecule has 1 aliphatic rings.